The van der Waals surface area contributed by atoms with Crippen LogP contribution in [0.4, 0.5) is 0 Å². The van der Waals surface area contributed by atoms with Crippen LogP contribution in [0.5, 0.6) is 0 Å². The third kappa shape index (κ3) is 6.28. The van der Waals surface area contributed by atoms with Crippen LogP contribution in [-0.2, 0) is 4.79 Å². The number of fused-ring (bicyclic) bond motifs is 1. The fourth-order valence-corrected chi connectivity index (χ4v) is 4.46. The minimum absolute atomic E-state index is 0. The quantitative estimate of drug-likeness (QED) is 0.552. The molecule has 1 aromatic carbocycles. The zero-order valence-corrected chi connectivity index (χ0v) is 18.9. The van der Waals surface area contributed by atoms with Gasteiger partial charge in [-0.2, -0.15) is 11.8 Å². The summed E-state index contributed by atoms with van der Waals surface area (Å²) in [5.74, 6) is 1.92. The highest BCUT2D eigenvalue weighted by Gasteiger charge is 2.33. The van der Waals surface area contributed by atoms with E-state index in [0.29, 0.717) is 13.0 Å². The Hall–Kier alpha value is -0.950. The monoisotopic (exact) mass is 446 g/mol. The molecular formula is C20H32Cl2N4OS. The molecule has 0 saturated heterocycles. The van der Waals surface area contributed by atoms with Gasteiger partial charge in [-0.3, -0.25) is 4.79 Å². The zero-order valence-electron chi connectivity index (χ0n) is 16.4. The Balaban J connectivity index is 0.00000196. The SMILES string of the molecule is CSCCC(NC(=O)CC1(CN)CCCCC1)c1nc2ccccc2[nH]1.Cl.Cl. The number of thioether (sulfide) groups is 1. The fourth-order valence-electron chi connectivity index (χ4n) is 3.99. The van der Waals surface area contributed by atoms with Crippen molar-refractivity contribution in [3.8, 4) is 0 Å². The number of para-hydroxylation sites is 2. The second kappa shape index (κ2) is 11.9. The second-order valence-corrected chi connectivity index (χ2v) is 8.47. The molecule has 0 radical (unpaired) electrons. The number of carbonyl (C=O) groups excluding carboxylic acids is 1. The van der Waals surface area contributed by atoms with Crippen LogP contribution in [0, 0.1) is 5.41 Å². The molecule has 1 aliphatic rings. The first kappa shape index (κ1) is 25.1. The molecule has 158 valence electrons. The van der Waals surface area contributed by atoms with Gasteiger partial charge in [0, 0.05) is 6.42 Å². The van der Waals surface area contributed by atoms with E-state index in [2.05, 4.69) is 16.6 Å². The summed E-state index contributed by atoms with van der Waals surface area (Å²) in [4.78, 5) is 20.9. The summed E-state index contributed by atoms with van der Waals surface area (Å²) in [6, 6.07) is 7.91. The minimum atomic E-state index is -0.0826. The number of hydrogen-bond donors (Lipinski definition) is 3. The molecule has 2 aromatic rings. The highest BCUT2D eigenvalue weighted by atomic mass is 35.5. The van der Waals surface area contributed by atoms with Crippen molar-refractivity contribution in [1.29, 1.82) is 0 Å². The number of nitrogens with zero attached hydrogens (tertiary/aromatic N) is 1. The molecule has 1 atom stereocenters. The van der Waals surface area contributed by atoms with E-state index in [-0.39, 0.29) is 42.2 Å². The smallest absolute Gasteiger partial charge is 0.221 e. The van der Waals surface area contributed by atoms with Gasteiger partial charge in [0.2, 0.25) is 5.91 Å². The number of amides is 1. The summed E-state index contributed by atoms with van der Waals surface area (Å²) in [6.45, 7) is 0.598. The van der Waals surface area contributed by atoms with Gasteiger partial charge in [0.25, 0.3) is 0 Å². The lowest BCUT2D eigenvalue weighted by molar-refractivity contribution is -0.124. The lowest BCUT2D eigenvalue weighted by Crippen LogP contribution is -2.40. The summed E-state index contributed by atoms with van der Waals surface area (Å²) in [5, 5.41) is 3.23. The highest BCUT2D eigenvalue weighted by molar-refractivity contribution is 7.98. The maximum Gasteiger partial charge on any atom is 0.221 e. The average molecular weight is 447 g/mol. The summed E-state index contributed by atoms with van der Waals surface area (Å²) < 4.78 is 0. The van der Waals surface area contributed by atoms with Crippen molar-refractivity contribution >= 4 is 53.5 Å². The number of aromatic amines is 1. The van der Waals surface area contributed by atoms with E-state index in [0.717, 1.165) is 41.9 Å². The van der Waals surface area contributed by atoms with Crippen molar-refractivity contribution in [2.24, 2.45) is 11.1 Å². The molecule has 0 spiro atoms. The van der Waals surface area contributed by atoms with Crippen molar-refractivity contribution in [2.75, 3.05) is 18.6 Å². The number of rotatable bonds is 8. The van der Waals surface area contributed by atoms with E-state index in [1.54, 1.807) is 11.8 Å². The third-order valence-corrected chi connectivity index (χ3v) is 6.21. The van der Waals surface area contributed by atoms with Gasteiger partial charge in [-0.15, -0.1) is 24.8 Å². The molecule has 1 aromatic heterocycles. The van der Waals surface area contributed by atoms with Crippen LogP contribution in [0.1, 0.15) is 56.8 Å². The predicted octanol–water partition coefficient (Wildman–Crippen LogP) is 4.62. The van der Waals surface area contributed by atoms with Crippen LogP contribution in [0.2, 0.25) is 0 Å². The Morgan fingerprint density at radius 3 is 2.64 bits per heavy atom. The summed E-state index contributed by atoms with van der Waals surface area (Å²) in [7, 11) is 0. The Morgan fingerprint density at radius 1 is 1.29 bits per heavy atom. The molecule has 4 N–H and O–H groups in total. The molecule has 1 unspecified atom stereocenters. The normalized spacial score (nSPS) is 16.6. The van der Waals surface area contributed by atoms with Crippen LogP contribution < -0.4 is 11.1 Å². The van der Waals surface area contributed by atoms with E-state index < -0.39 is 0 Å². The maximum atomic E-state index is 12.8. The Kier molecular flexibility index (Phi) is 10.7. The maximum absolute atomic E-state index is 12.8. The first-order valence-electron chi connectivity index (χ1n) is 9.59. The summed E-state index contributed by atoms with van der Waals surface area (Å²) >= 11 is 1.79. The van der Waals surface area contributed by atoms with E-state index in [1.165, 1.54) is 19.3 Å². The average Bonchev–Trinajstić information content (AvgIpc) is 3.10. The van der Waals surface area contributed by atoms with Crippen LogP contribution in [0.25, 0.3) is 11.0 Å². The Bertz CT molecular complexity index is 701. The van der Waals surface area contributed by atoms with Crippen LogP contribution in [0.3, 0.4) is 0 Å². The van der Waals surface area contributed by atoms with Crippen molar-refractivity contribution in [3.63, 3.8) is 0 Å². The van der Waals surface area contributed by atoms with Gasteiger partial charge in [-0.05, 0) is 55.4 Å². The van der Waals surface area contributed by atoms with Gasteiger partial charge in [0.05, 0.1) is 17.1 Å². The number of hydrogen-bond acceptors (Lipinski definition) is 4. The fraction of sp³-hybridized carbons (Fsp3) is 0.600. The third-order valence-electron chi connectivity index (χ3n) is 5.57. The number of halogens is 2. The molecule has 8 heteroatoms. The number of nitrogens with one attached hydrogen (secondary N) is 2. The van der Waals surface area contributed by atoms with Crippen molar-refractivity contribution in [1.82, 2.24) is 15.3 Å². The van der Waals surface area contributed by atoms with Crippen LogP contribution >= 0.6 is 36.6 Å². The highest BCUT2D eigenvalue weighted by Crippen LogP contribution is 2.38. The molecule has 1 aliphatic carbocycles. The molecule has 0 bridgehead atoms. The minimum Gasteiger partial charge on any atom is -0.346 e. The van der Waals surface area contributed by atoms with E-state index in [9.17, 15) is 4.79 Å². The lowest BCUT2D eigenvalue weighted by atomic mass is 9.71. The number of H-pyrrole nitrogens is 1. The topological polar surface area (TPSA) is 83.8 Å². The Labute approximate surface area is 184 Å². The largest absolute Gasteiger partial charge is 0.346 e. The van der Waals surface area contributed by atoms with Crippen molar-refractivity contribution in [2.45, 2.75) is 51.0 Å². The standard InChI is InChI=1S/C20H30N4OS.2ClH/c1-26-12-9-17(19-23-15-7-3-4-8-16(15)24-19)22-18(25)13-20(14-21)10-5-2-6-11-20;;/h3-4,7-8,17H,2,5-6,9-14,21H2,1H3,(H,22,25)(H,23,24);2*1H. The lowest BCUT2D eigenvalue weighted by Gasteiger charge is -2.36. The molecule has 1 fully saturated rings. The van der Waals surface area contributed by atoms with Crippen molar-refractivity contribution in [3.05, 3.63) is 30.1 Å². The number of benzene rings is 1. The number of aromatic nitrogens is 2. The first-order chi connectivity index (χ1) is 12.7. The first-order valence-corrected chi connectivity index (χ1v) is 11.0. The summed E-state index contributed by atoms with van der Waals surface area (Å²) in [5.41, 5.74) is 8.00. The number of nitrogens with two attached hydrogens (primary N) is 1. The predicted molar refractivity (Wildman–Crippen MR) is 124 cm³/mol. The van der Waals surface area contributed by atoms with Crippen LogP contribution in [0.15, 0.2) is 24.3 Å². The number of carbonyl (C=O) groups is 1. The van der Waals surface area contributed by atoms with Crippen LogP contribution in [-0.4, -0.2) is 34.4 Å². The molecule has 1 heterocycles. The molecular weight excluding hydrogens is 415 g/mol. The van der Waals surface area contributed by atoms with Gasteiger partial charge in [0.15, 0.2) is 0 Å². The van der Waals surface area contributed by atoms with Gasteiger partial charge in [0.1, 0.15) is 5.82 Å². The van der Waals surface area contributed by atoms with E-state index in [4.69, 9.17) is 10.7 Å². The van der Waals surface area contributed by atoms with Gasteiger partial charge >= 0.3 is 0 Å². The Morgan fingerprint density at radius 2 is 2.00 bits per heavy atom. The van der Waals surface area contributed by atoms with Crippen molar-refractivity contribution < 1.29 is 4.79 Å². The zero-order chi connectivity index (χ0) is 18.4. The second-order valence-electron chi connectivity index (χ2n) is 7.48. The van der Waals surface area contributed by atoms with E-state index >= 15 is 0 Å². The molecule has 5 nitrogen and oxygen atoms in total. The van der Waals surface area contributed by atoms with Gasteiger partial charge < -0.3 is 16.0 Å². The van der Waals surface area contributed by atoms with Gasteiger partial charge in [-0.25, -0.2) is 4.98 Å². The summed E-state index contributed by atoms with van der Waals surface area (Å²) in [6.07, 6.45) is 9.24. The molecule has 28 heavy (non-hydrogen) atoms. The molecule has 0 aliphatic heterocycles. The van der Waals surface area contributed by atoms with Gasteiger partial charge in [-0.1, -0.05) is 31.4 Å². The molecule has 1 saturated carbocycles. The molecule has 3 rings (SSSR count). The van der Waals surface area contributed by atoms with E-state index in [1.807, 2.05) is 24.3 Å². The number of imidazole rings is 1. The molecule has 1 amide bonds.